The predicted octanol–water partition coefficient (Wildman–Crippen LogP) is 3.66. The molecule has 2 aromatic rings. The van der Waals surface area contributed by atoms with Gasteiger partial charge in [-0.25, -0.2) is 4.98 Å². The van der Waals surface area contributed by atoms with Gasteiger partial charge in [-0.05, 0) is 43.9 Å². The Morgan fingerprint density at radius 3 is 3.24 bits per heavy atom. The first kappa shape index (κ1) is 13.0. The zero-order chi connectivity index (χ0) is 14.6. The van der Waals surface area contributed by atoms with Gasteiger partial charge < -0.3 is 4.74 Å². The Morgan fingerprint density at radius 2 is 2.38 bits per heavy atom. The maximum Gasteiger partial charge on any atom is 0.313 e. The SMILES string of the molecule is C=C1CC2COC(=O)C2(Cc2ccc3sc(C)nc3c2)C1. The van der Waals surface area contributed by atoms with Crippen molar-refractivity contribution >= 4 is 27.5 Å². The van der Waals surface area contributed by atoms with Gasteiger partial charge in [0, 0.05) is 5.92 Å². The standard InChI is InChI=1S/C17H17NO2S/c1-10-5-13-9-20-16(19)17(13,7-10)8-12-3-4-15-14(6-12)18-11(2)21-15/h3-4,6,13H,1,5,7-9H2,2H3. The number of thiazole rings is 1. The van der Waals surface area contributed by atoms with Gasteiger partial charge in [0.2, 0.25) is 0 Å². The van der Waals surface area contributed by atoms with Gasteiger partial charge in [0.05, 0.1) is 27.2 Å². The molecule has 2 aliphatic rings. The summed E-state index contributed by atoms with van der Waals surface area (Å²) in [6.45, 7) is 6.67. The Bertz CT molecular complexity index is 763. The first-order valence-corrected chi connectivity index (χ1v) is 8.08. The zero-order valence-corrected chi connectivity index (χ0v) is 12.8. The molecule has 0 N–H and O–H groups in total. The molecule has 0 amide bonds. The fraction of sp³-hybridized carbons (Fsp3) is 0.412. The summed E-state index contributed by atoms with van der Waals surface area (Å²) in [5.41, 5.74) is 3.01. The highest BCUT2D eigenvalue weighted by Crippen LogP contribution is 2.52. The average Bonchev–Trinajstić information content (AvgIpc) is 3.03. The molecule has 1 saturated carbocycles. The first-order valence-electron chi connectivity index (χ1n) is 7.27. The molecule has 4 rings (SSSR count). The fourth-order valence-corrected chi connectivity index (χ4v) is 4.63. The van der Waals surface area contributed by atoms with Gasteiger partial charge in [0.25, 0.3) is 0 Å². The van der Waals surface area contributed by atoms with E-state index in [9.17, 15) is 4.79 Å². The summed E-state index contributed by atoms with van der Waals surface area (Å²) in [7, 11) is 0. The number of fused-ring (bicyclic) bond motifs is 2. The van der Waals surface area contributed by atoms with Crippen molar-refractivity contribution in [3.05, 3.63) is 40.9 Å². The third kappa shape index (κ3) is 1.93. The fourth-order valence-electron chi connectivity index (χ4n) is 3.83. The van der Waals surface area contributed by atoms with E-state index in [1.807, 2.05) is 6.92 Å². The van der Waals surface area contributed by atoms with Crippen LogP contribution in [0, 0.1) is 18.3 Å². The number of ether oxygens (including phenoxy) is 1. The lowest BCUT2D eigenvalue weighted by molar-refractivity contribution is -0.146. The molecule has 0 spiro atoms. The van der Waals surface area contributed by atoms with Crippen LogP contribution in [0.5, 0.6) is 0 Å². The van der Waals surface area contributed by atoms with Gasteiger partial charge in [0.1, 0.15) is 0 Å². The van der Waals surface area contributed by atoms with Crippen molar-refractivity contribution in [1.29, 1.82) is 0 Å². The van der Waals surface area contributed by atoms with Crippen LogP contribution in [-0.4, -0.2) is 17.6 Å². The van der Waals surface area contributed by atoms with Crippen LogP contribution in [0.4, 0.5) is 0 Å². The molecule has 1 aliphatic heterocycles. The minimum Gasteiger partial charge on any atom is -0.465 e. The Balaban J connectivity index is 1.72. The second kappa shape index (κ2) is 4.41. The number of hydrogen-bond acceptors (Lipinski definition) is 4. The molecule has 1 aromatic heterocycles. The average molecular weight is 299 g/mol. The van der Waals surface area contributed by atoms with Crippen molar-refractivity contribution in [2.75, 3.05) is 6.61 Å². The highest BCUT2D eigenvalue weighted by atomic mass is 32.1. The van der Waals surface area contributed by atoms with Crippen LogP contribution in [0.15, 0.2) is 30.4 Å². The lowest BCUT2D eigenvalue weighted by Crippen LogP contribution is -2.31. The van der Waals surface area contributed by atoms with Crippen molar-refractivity contribution in [2.45, 2.75) is 26.2 Å². The molecule has 4 heteroatoms. The van der Waals surface area contributed by atoms with E-state index in [0.29, 0.717) is 12.5 Å². The van der Waals surface area contributed by atoms with Crippen LogP contribution in [0.3, 0.4) is 0 Å². The van der Waals surface area contributed by atoms with Gasteiger partial charge in [-0.2, -0.15) is 0 Å². The molecule has 0 bridgehead atoms. The highest BCUT2D eigenvalue weighted by Gasteiger charge is 2.55. The lowest BCUT2D eigenvalue weighted by atomic mass is 9.75. The largest absolute Gasteiger partial charge is 0.465 e. The Kier molecular flexibility index (Phi) is 2.73. The molecule has 2 fully saturated rings. The van der Waals surface area contributed by atoms with E-state index in [1.54, 1.807) is 11.3 Å². The van der Waals surface area contributed by atoms with Gasteiger partial charge in [0.15, 0.2) is 0 Å². The summed E-state index contributed by atoms with van der Waals surface area (Å²) in [5, 5.41) is 1.08. The lowest BCUT2D eigenvalue weighted by Gasteiger charge is -2.23. The minimum absolute atomic E-state index is 0.0410. The predicted molar refractivity (Wildman–Crippen MR) is 83.3 cm³/mol. The molecule has 1 saturated heterocycles. The van der Waals surface area contributed by atoms with Crippen molar-refractivity contribution in [2.24, 2.45) is 11.3 Å². The van der Waals surface area contributed by atoms with Crippen LogP contribution >= 0.6 is 11.3 Å². The quantitative estimate of drug-likeness (QED) is 0.627. The number of nitrogens with zero attached hydrogens (tertiary/aromatic N) is 1. The summed E-state index contributed by atoms with van der Waals surface area (Å²) in [6, 6.07) is 6.36. The normalized spacial score (nSPS) is 28.1. The number of carbonyl (C=O) groups is 1. The number of hydrogen-bond donors (Lipinski definition) is 0. The number of aromatic nitrogens is 1. The summed E-state index contributed by atoms with van der Waals surface area (Å²) in [6.07, 6.45) is 2.43. The molecular formula is C17H17NO2S. The van der Waals surface area contributed by atoms with Crippen molar-refractivity contribution in [1.82, 2.24) is 4.98 Å². The maximum atomic E-state index is 12.3. The molecular weight excluding hydrogens is 282 g/mol. The molecule has 0 radical (unpaired) electrons. The third-order valence-corrected chi connectivity index (χ3v) is 5.73. The Hall–Kier alpha value is -1.68. The van der Waals surface area contributed by atoms with Crippen LogP contribution in [0.25, 0.3) is 10.2 Å². The van der Waals surface area contributed by atoms with Crippen LogP contribution < -0.4 is 0 Å². The summed E-state index contributed by atoms with van der Waals surface area (Å²) in [4.78, 5) is 16.9. The summed E-state index contributed by atoms with van der Waals surface area (Å²) < 4.78 is 6.55. The molecule has 2 atom stereocenters. The first-order chi connectivity index (χ1) is 10.1. The van der Waals surface area contributed by atoms with Crippen molar-refractivity contribution in [3.8, 4) is 0 Å². The third-order valence-electron chi connectivity index (χ3n) is 4.78. The number of cyclic esters (lactones) is 1. The van der Waals surface area contributed by atoms with E-state index in [4.69, 9.17) is 4.74 Å². The second-order valence-corrected chi connectivity index (χ2v) is 7.53. The van der Waals surface area contributed by atoms with Crippen LogP contribution in [0.2, 0.25) is 0 Å². The van der Waals surface area contributed by atoms with Crippen molar-refractivity contribution in [3.63, 3.8) is 0 Å². The number of carbonyl (C=O) groups excluding carboxylic acids is 1. The van der Waals surface area contributed by atoms with Gasteiger partial charge in [-0.15, -0.1) is 11.3 Å². The molecule has 2 heterocycles. The minimum atomic E-state index is -0.379. The van der Waals surface area contributed by atoms with Gasteiger partial charge in [-0.1, -0.05) is 18.2 Å². The molecule has 1 aromatic carbocycles. The number of allylic oxidation sites excluding steroid dienone is 1. The summed E-state index contributed by atoms with van der Waals surface area (Å²) in [5.74, 6) is 0.256. The van der Waals surface area contributed by atoms with E-state index in [0.717, 1.165) is 29.8 Å². The molecule has 108 valence electrons. The smallest absolute Gasteiger partial charge is 0.313 e. The van der Waals surface area contributed by atoms with E-state index < -0.39 is 0 Å². The maximum absolute atomic E-state index is 12.3. The number of esters is 1. The van der Waals surface area contributed by atoms with E-state index in [-0.39, 0.29) is 11.4 Å². The van der Waals surface area contributed by atoms with E-state index in [1.165, 1.54) is 15.8 Å². The Labute approximate surface area is 127 Å². The van der Waals surface area contributed by atoms with E-state index >= 15 is 0 Å². The van der Waals surface area contributed by atoms with Gasteiger partial charge in [-0.3, -0.25) is 4.79 Å². The van der Waals surface area contributed by atoms with Crippen molar-refractivity contribution < 1.29 is 9.53 Å². The molecule has 3 nitrogen and oxygen atoms in total. The van der Waals surface area contributed by atoms with E-state index in [2.05, 4.69) is 29.8 Å². The van der Waals surface area contributed by atoms with Gasteiger partial charge >= 0.3 is 5.97 Å². The number of rotatable bonds is 2. The number of benzene rings is 1. The summed E-state index contributed by atoms with van der Waals surface area (Å²) >= 11 is 1.71. The Morgan fingerprint density at radius 1 is 1.52 bits per heavy atom. The monoisotopic (exact) mass is 299 g/mol. The second-order valence-electron chi connectivity index (χ2n) is 6.29. The van der Waals surface area contributed by atoms with Crippen LogP contribution in [-0.2, 0) is 16.0 Å². The van der Waals surface area contributed by atoms with Crippen LogP contribution in [0.1, 0.15) is 23.4 Å². The number of aryl methyl sites for hydroxylation is 1. The molecule has 2 unspecified atom stereocenters. The molecule has 21 heavy (non-hydrogen) atoms. The topological polar surface area (TPSA) is 39.2 Å². The molecule has 1 aliphatic carbocycles. The highest BCUT2D eigenvalue weighted by molar-refractivity contribution is 7.18. The zero-order valence-electron chi connectivity index (χ0n) is 12.0.